The van der Waals surface area contributed by atoms with Gasteiger partial charge in [0.15, 0.2) is 0 Å². The number of hydrogen-bond acceptors (Lipinski definition) is 8. The Labute approximate surface area is 381 Å². The standard InChI is InChI=1S/C11H17NO.3C10H16N2O.C9H16N2O/c1-8(2)10-6-5-7-12(9(3)4)11(10)13;1-7(2)9-5-11-6-12(8(3)4)10(9)13;1-7(2)9-10(13)12(8(3)4)6-5-11-9;1-7(2)9-5-6-11-12(8(3)4)10(9)13;1-6(2)8-5-10-11(7(3)4)9(8)12/h5-9H,1-4H3;3*5-8H,1-4H3;5-7,10H,1-4H3. The summed E-state index contributed by atoms with van der Waals surface area (Å²) in [5.74, 6) is 1.30. The molecule has 5 aromatic heterocycles. The molecule has 0 aliphatic heterocycles. The van der Waals surface area contributed by atoms with Crippen molar-refractivity contribution in [1.82, 2.24) is 43.2 Å². The van der Waals surface area contributed by atoms with Crippen LogP contribution < -0.4 is 27.8 Å². The Morgan fingerprint density at radius 2 is 0.938 bits per heavy atom. The summed E-state index contributed by atoms with van der Waals surface area (Å²) < 4.78 is 8.32. The summed E-state index contributed by atoms with van der Waals surface area (Å²) in [6.45, 7) is 40.0. The Morgan fingerprint density at radius 3 is 1.36 bits per heavy atom. The van der Waals surface area contributed by atoms with Crippen LogP contribution in [0.5, 0.6) is 0 Å². The maximum Gasteiger partial charge on any atom is 0.272 e. The van der Waals surface area contributed by atoms with E-state index in [4.69, 9.17) is 0 Å². The highest BCUT2D eigenvalue weighted by Crippen LogP contribution is 2.12. The fourth-order valence-electron chi connectivity index (χ4n) is 6.27. The highest BCUT2D eigenvalue weighted by atomic mass is 16.1. The lowest BCUT2D eigenvalue weighted by atomic mass is 10.1. The summed E-state index contributed by atoms with van der Waals surface area (Å²) in [6.07, 6.45) is 12.0. The van der Waals surface area contributed by atoms with Crippen molar-refractivity contribution < 1.29 is 0 Å². The second-order valence-corrected chi connectivity index (χ2v) is 18.9. The molecule has 5 aromatic rings. The van der Waals surface area contributed by atoms with Crippen molar-refractivity contribution in [3.05, 3.63) is 141 Å². The SMILES string of the molecule is CC(C)c1c[nH]n(C(C)C)c1=O.CC(C)c1cccn(C(C)C)c1=O.CC(C)c1ccnn(C(C)C)c1=O.CC(C)c1cncn(C(C)C)c1=O.CC(C)c1nccn(C(C)C)c1=O. The number of pyridine rings is 1. The molecule has 0 fully saturated rings. The van der Waals surface area contributed by atoms with Crippen molar-refractivity contribution in [3.63, 3.8) is 0 Å². The van der Waals surface area contributed by atoms with Gasteiger partial charge in [0.25, 0.3) is 27.8 Å². The van der Waals surface area contributed by atoms with Crippen LogP contribution >= 0.6 is 0 Å². The molecule has 0 aliphatic carbocycles. The maximum absolute atomic E-state index is 11.8. The first kappa shape index (κ1) is 56.6. The first-order valence-electron chi connectivity index (χ1n) is 22.9. The second-order valence-electron chi connectivity index (χ2n) is 18.9. The molecule has 0 aliphatic rings. The van der Waals surface area contributed by atoms with E-state index < -0.39 is 0 Å². The zero-order valence-electron chi connectivity index (χ0n) is 42.7. The minimum Gasteiger partial charge on any atom is -0.313 e. The third-order valence-corrected chi connectivity index (χ3v) is 10.2. The molecule has 0 atom stereocenters. The van der Waals surface area contributed by atoms with Gasteiger partial charge in [0, 0.05) is 89.5 Å². The molecular formula is C50H81N9O5. The number of hydrogen-bond donors (Lipinski definition) is 1. The summed E-state index contributed by atoms with van der Waals surface area (Å²) in [5.41, 5.74) is 4.45. The van der Waals surface area contributed by atoms with E-state index >= 15 is 0 Å². The van der Waals surface area contributed by atoms with Crippen molar-refractivity contribution >= 4 is 0 Å². The van der Waals surface area contributed by atoms with Gasteiger partial charge in [-0.15, -0.1) is 0 Å². The van der Waals surface area contributed by atoms with Crippen molar-refractivity contribution in [1.29, 1.82) is 0 Å². The molecule has 0 unspecified atom stereocenters. The van der Waals surface area contributed by atoms with Crippen LogP contribution in [0.15, 0.2) is 85.7 Å². The fraction of sp³-hybridized carbons (Fsp3) is 0.600. The van der Waals surface area contributed by atoms with E-state index in [0.29, 0.717) is 17.5 Å². The molecule has 0 saturated heterocycles. The van der Waals surface area contributed by atoms with Crippen LogP contribution in [0.3, 0.4) is 0 Å². The Hall–Kier alpha value is -5.40. The van der Waals surface area contributed by atoms with Crippen molar-refractivity contribution in [2.24, 2.45) is 0 Å². The van der Waals surface area contributed by atoms with E-state index in [1.807, 2.05) is 157 Å². The van der Waals surface area contributed by atoms with Crippen LogP contribution in [0.25, 0.3) is 0 Å². The number of aromatic nitrogens is 9. The average Bonchev–Trinajstić information content (AvgIpc) is 3.60. The quantitative estimate of drug-likeness (QED) is 0.145. The number of aromatic amines is 1. The van der Waals surface area contributed by atoms with E-state index in [0.717, 1.165) is 22.3 Å². The van der Waals surface area contributed by atoms with Crippen LogP contribution in [0, 0.1) is 0 Å². The number of nitrogens with zero attached hydrogens (tertiary/aromatic N) is 8. The topological polar surface area (TPSA) is 164 Å². The average molecular weight is 888 g/mol. The van der Waals surface area contributed by atoms with Gasteiger partial charge in [0.05, 0.1) is 12.4 Å². The summed E-state index contributed by atoms with van der Waals surface area (Å²) in [6, 6.07) is 6.61. The highest BCUT2D eigenvalue weighted by Gasteiger charge is 2.13. The second kappa shape index (κ2) is 26.4. The Morgan fingerprint density at radius 1 is 0.453 bits per heavy atom. The number of H-pyrrole nitrogens is 1. The minimum atomic E-state index is 0.0347. The summed E-state index contributed by atoms with van der Waals surface area (Å²) in [4.78, 5) is 66.8. The van der Waals surface area contributed by atoms with E-state index in [2.05, 4.69) is 20.2 Å². The van der Waals surface area contributed by atoms with Gasteiger partial charge in [0.1, 0.15) is 5.69 Å². The van der Waals surface area contributed by atoms with Gasteiger partial charge in [-0.05, 0) is 105 Å². The van der Waals surface area contributed by atoms with Crippen LogP contribution in [0.2, 0.25) is 0 Å². The summed E-state index contributed by atoms with van der Waals surface area (Å²) in [5, 5.41) is 6.98. The highest BCUT2D eigenvalue weighted by molar-refractivity contribution is 5.15. The van der Waals surface area contributed by atoms with E-state index in [1.165, 1.54) is 4.68 Å². The van der Waals surface area contributed by atoms with Gasteiger partial charge >= 0.3 is 0 Å². The molecule has 0 bridgehead atoms. The predicted octanol–water partition coefficient (Wildman–Crippen LogP) is 10.3. The largest absolute Gasteiger partial charge is 0.313 e. The van der Waals surface area contributed by atoms with Crippen molar-refractivity contribution in [2.45, 2.75) is 198 Å². The van der Waals surface area contributed by atoms with Gasteiger partial charge in [-0.25, -0.2) is 9.67 Å². The zero-order valence-corrected chi connectivity index (χ0v) is 42.7. The van der Waals surface area contributed by atoms with Gasteiger partial charge in [-0.2, -0.15) is 5.10 Å². The lowest BCUT2D eigenvalue weighted by Crippen LogP contribution is -2.27. The first-order chi connectivity index (χ1) is 29.7. The lowest BCUT2D eigenvalue weighted by Gasteiger charge is -2.12. The molecule has 0 amide bonds. The summed E-state index contributed by atoms with van der Waals surface area (Å²) >= 11 is 0. The van der Waals surface area contributed by atoms with Crippen LogP contribution in [-0.2, 0) is 0 Å². The molecule has 5 heterocycles. The Bertz CT molecular complexity index is 2030. The van der Waals surface area contributed by atoms with Crippen molar-refractivity contribution in [3.8, 4) is 0 Å². The lowest BCUT2D eigenvalue weighted by molar-refractivity contribution is 0.495. The van der Waals surface area contributed by atoms with E-state index in [1.54, 1.807) is 61.8 Å². The zero-order chi connectivity index (χ0) is 49.3. The molecule has 14 nitrogen and oxygen atoms in total. The number of rotatable bonds is 10. The molecule has 0 aromatic carbocycles. The molecule has 0 spiro atoms. The molecule has 1 N–H and O–H groups in total. The minimum absolute atomic E-state index is 0.0347. The summed E-state index contributed by atoms with van der Waals surface area (Å²) in [7, 11) is 0. The smallest absolute Gasteiger partial charge is 0.272 e. The molecule has 64 heavy (non-hydrogen) atoms. The Balaban J connectivity index is 0.000000400. The van der Waals surface area contributed by atoms with Crippen molar-refractivity contribution in [2.75, 3.05) is 0 Å². The maximum atomic E-state index is 11.8. The molecule has 5 rings (SSSR count). The van der Waals surface area contributed by atoms with Gasteiger partial charge < -0.3 is 14.2 Å². The normalized spacial score (nSPS) is 11.3. The molecule has 14 heteroatoms. The van der Waals surface area contributed by atoms with Gasteiger partial charge in [-0.3, -0.25) is 38.2 Å². The molecule has 0 radical (unpaired) electrons. The van der Waals surface area contributed by atoms with E-state index in [9.17, 15) is 24.0 Å². The fourth-order valence-corrected chi connectivity index (χ4v) is 6.27. The Kier molecular flexibility index (Phi) is 23.4. The van der Waals surface area contributed by atoms with Crippen LogP contribution in [0.4, 0.5) is 0 Å². The monoisotopic (exact) mass is 888 g/mol. The van der Waals surface area contributed by atoms with Crippen LogP contribution in [-0.4, -0.2) is 43.2 Å². The molecule has 0 saturated carbocycles. The van der Waals surface area contributed by atoms with Crippen LogP contribution in [0.1, 0.15) is 226 Å². The van der Waals surface area contributed by atoms with E-state index in [-0.39, 0.29) is 75.8 Å². The molecular weight excluding hydrogens is 807 g/mol. The number of nitrogens with one attached hydrogen (secondary N) is 1. The predicted molar refractivity (Wildman–Crippen MR) is 264 cm³/mol. The van der Waals surface area contributed by atoms with Gasteiger partial charge in [-0.1, -0.05) is 75.3 Å². The third-order valence-electron chi connectivity index (χ3n) is 10.2. The van der Waals surface area contributed by atoms with Gasteiger partial charge in [0.2, 0.25) is 0 Å². The molecule has 356 valence electrons. The third kappa shape index (κ3) is 16.3. The first-order valence-corrected chi connectivity index (χ1v) is 22.9.